The van der Waals surface area contributed by atoms with Gasteiger partial charge in [-0.3, -0.25) is 0 Å². The second-order valence-corrected chi connectivity index (χ2v) is 6.34. The Morgan fingerprint density at radius 3 is 2.45 bits per heavy atom. The molecular weight excluding hydrogens is 276 g/mol. The van der Waals surface area contributed by atoms with Crippen molar-refractivity contribution in [3.05, 3.63) is 29.8 Å². The van der Waals surface area contributed by atoms with Crippen molar-refractivity contribution in [2.75, 3.05) is 13.2 Å². The highest BCUT2D eigenvalue weighted by atomic mass is 16.7. The Morgan fingerprint density at radius 2 is 1.73 bits per heavy atom. The van der Waals surface area contributed by atoms with E-state index in [1.54, 1.807) is 0 Å². The first-order valence-corrected chi connectivity index (χ1v) is 8.65. The maximum Gasteiger partial charge on any atom is 0.155 e. The van der Waals surface area contributed by atoms with Gasteiger partial charge in [0.1, 0.15) is 12.4 Å². The summed E-state index contributed by atoms with van der Waals surface area (Å²) in [5, 5.41) is 0. The van der Waals surface area contributed by atoms with Crippen LogP contribution in [0.4, 0.5) is 0 Å². The summed E-state index contributed by atoms with van der Waals surface area (Å²) in [6.07, 6.45) is 6.63. The molecule has 1 fully saturated rings. The van der Waals surface area contributed by atoms with E-state index in [1.165, 1.54) is 37.7 Å². The minimum Gasteiger partial charge on any atom is -0.491 e. The van der Waals surface area contributed by atoms with Crippen molar-refractivity contribution < 1.29 is 14.2 Å². The maximum atomic E-state index is 5.97. The van der Waals surface area contributed by atoms with Gasteiger partial charge in [0.05, 0.1) is 12.7 Å². The van der Waals surface area contributed by atoms with E-state index in [1.807, 2.05) is 26.8 Å². The Morgan fingerprint density at radius 1 is 1.00 bits per heavy atom. The van der Waals surface area contributed by atoms with Gasteiger partial charge in [-0.2, -0.15) is 0 Å². The van der Waals surface area contributed by atoms with E-state index in [0.717, 1.165) is 5.75 Å². The molecule has 2 rings (SSSR count). The summed E-state index contributed by atoms with van der Waals surface area (Å²) in [7, 11) is 0. The third-order valence-electron chi connectivity index (χ3n) is 4.12. The van der Waals surface area contributed by atoms with E-state index in [0.29, 0.717) is 19.1 Å². The molecule has 1 saturated carbocycles. The molecule has 0 N–H and O–H groups in total. The minimum atomic E-state index is -0.183. The number of ether oxygens (including phenoxy) is 3. The SMILES string of the molecule is CC(C)OC(C)OCCOc1ccccc1C1CCCCC1. The first kappa shape index (κ1) is 17.3. The highest BCUT2D eigenvalue weighted by Gasteiger charge is 2.18. The third-order valence-corrected chi connectivity index (χ3v) is 4.12. The lowest BCUT2D eigenvalue weighted by atomic mass is 9.84. The number of para-hydroxylation sites is 1. The van der Waals surface area contributed by atoms with E-state index >= 15 is 0 Å². The molecule has 0 aliphatic heterocycles. The zero-order valence-corrected chi connectivity index (χ0v) is 14.2. The van der Waals surface area contributed by atoms with E-state index < -0.39 is 0 Å². The van der Waals surface area contributed by atoms with Gasteiger partial charge in [-0.05, 0) is 51.2 Å². The second-order valence-electron chi connectivity index (χ2n) is 6.34. The molecule has 1 atom stereocenters. The molecule has 1 unspecified atom stereocenters. The number of hydrogen-bond acceptors (Lipinski definition) is 3. The lowest BCUT2D eigenvalue weighted by Crippen LogP contribution is -2.20. The van der Waals surface area contributed by atoms with Gasteiger partial charge < -0.3 is 14.2 Å². The molecule has 1 aromatic rings. The second kappa shape index (κ2) is 9.16. The van der Waals surface area contributed by atoms with Crippen molar-refractivity contribution >= 4 is 0 Å². The lowest BCUT2D eigenvalue weighted by molar-refractivity contribution is -0.154. The molecule has 0 bridgehead atoms. The summed E-state index contributed by atoms with van der Waals surface area (Å²) in [4.78, 5) is 0. The molecule has 1 aliphatic rings. The van der Waals surface area contributed by atoms with Crippen LogP contribution in [0.5, 0.6) is 5.75 Å². The largest absolute Gasteiger partial charge is 0.491 e. The topological polar surface area (TPSA) is 27.7 Å². The third kappa shape index (κ3) is 5.62. The van der Waals surface area contributed by atoms with Gasteiger partial charge in [0.2, 0.25) is 0 Å². The summed E-state index contributed by atoms with van der Waals surface area (Å²) in [5.74, 6) is 1.68. The first-order chi connectivity index (χ1) is 10.7. The molecule has 3 heteroatoms. The normalized spacial score (nSPS) is 17.6. The van der Waals surface area contributed by atoms with Crippen LogP contribution in [-0.4, -0.2) is 25.6 Å². The molecule has 0 aromatic heterocycles. The lowest BCUT2D eigenvalue weighted by Gasteiger charge is -2.24. The smallest absolute Gasteiger partial charge is 0.155 e. The molecular formula is C19H30O3. The highest BCUT2D eigenvalue weighted by molar-refractivity contribution is 5.36. The Balaban J connectivity index is 1.80. The zero-order valence-electron chi connectivity index (χ0n) is 14.2. The molecule has 0 saturated heterocycles. The van der Waals surface area contributed by atoms with Crippen LogP contribution in [0.3, 0.4) is 0 Å². The van der Waals surface area contributed by atoms with E-state index in [9.17, 15) is 0 Å². The van der Waals surface area contributed by atoms with Crippen LogP contribution in [0.1, 0.15) is 64.4 Å². The fourth-order valence-electron chi connectivity index (χ4n) is 3.15. The molecule has 1 aromatic carbocycles. The van der Waals surface area contributed by atoms with Gasteiger partial charge in [-0.15, -0.1) is 0 Å². The standard InChI is InChI=1S/C19H30O3/c1-15(2)22-16(3)20-13-14-21-19-12-8-7-11-18(19)17-9-5-4-6-10-17/h7-8,11-12,15-17H,4-6,9-10,13-14H2,1-3H3. The van der Waals surface area contributed by atoms with Gasteiger partial charge >= 0.3 is 0 Å². The Labute approximate surface area is 135 Å². The Hall–Kier alpha value is -1.06. The zero-order chi connectivity index (χ0) is 15.8. The molecule has 0 radical (unpaired) electrons. The predicted molar refractivity (Wildman–Crippen MR) is 89.4 cm³/mol. The molecule has 22 heavy (non-hydrogen) atoms. The summed E-state index contributed by atoms with van der Waals surface area (Å²) >= 11 is 0. The van der Waals surface area contributed by atoms with Crippen molar-refractivity contribution in [2.24, 2.45) is 0 Å². The molecule has 0 spiro atoms. The average Bonchev–Trinajstić information content (AvgIpc) is 2.52. The van der Waals surface area contributed by atoms with Crippen molar-refractivity contribution in [3.8, 4) is 5.75 Å². The fourth-order valence-corrected chi connectivity index (χ4v) is 3.15. The van der Waals surface area contributed by atoms with Crippen molar-refractivity contribution in [2.45, 2.75) is 71.2 Å². The Bertz CT molecular complexity index is 424. The monoisotopic (exact) mass is 306 g/mol. The fraction of sp³-hybridized carbons (Fsp3) is 0.684. The number of benzene rings is 1. The average molecular weight is 306 g/mol. The van der Waals surface area contributed by atoms with Crippen LogP contribution in [0.25, 0.3) is 0 Å². The number of rotatable bonds is 8. The summed E-state index contributed by atoms with van der Waals surface area (Å²) in [6, 6.07) is 8.47. The van der Waals surface area contributed by atoms with E-state index in [2.05, 4.69) is 18.2 Å². The summed E-state index contributed by atoms with van der Waals surface area (Å²) < 4.78 is 17.1. The maximum absolute atomic E-state index is 5.97. The van der Waals surface area contributed by atoms with E-state index in [4.69, 9.17) is 14.2 Å². The summed E-state index contributed by atoms with van der Waals surface area (Å²) in [5.41, 5.74) is 1.37. The van der Waals surface area contributed by atoms with Crippen LogP contribution in [-0.2, 0) is 9.47 Å². The molecule has 0 amide bonds. The van der Waals surface area contributed by atoms with E-state index in [-0.39, 0.29) is 12.4 Å². The van der Waals surface area contributed by atoms with Crippen LogP contribution in [0.2, 0.25) is 0 Å². The highest BCUT2D eigenvalue weighted by Crippen LogP contribution is 2.37. The van der Waals surface area contributed by atoms with Crippen LogP contribution >= 0.6 is 0 Å². The number of hydrogen-bond donors (Lipinski definition) is 0. The molecule has 0 heterocycles. The van der Waals surface area contributed by atoms with Gasteiger partial charge in [0.25, 0.3) is 0 Å². The van der Waals surface area contributed by atoms with Gasteiger partial charge in [-0.25, -0.2) is 0 Å². The van der Waals surface area contributed by atoms with Crippen molar-refractivity contribution in [1.82, 2.24) is 0 Å². The van der Waals surface area contributed by atoms with Gasteiger partial charge in [0, 0.05) is 0 Å². The quantitative estimate of drug-likeness (QED) is 0.505. The minimum absolute atomic E-state index is 0.183. The van der Waals surface area contributed by atoms with Gasteiger partial charge in [0.15, 0.2) is 6.29 Å². The first-order valence-electron chi connectivity index (χ1n) is 8.65. The molecule has 3 nitrogen and oxygen atoms in total. The summed E-state index contributed by atoms with van der Waals surface area (Å²) in [6.45, 7) is 7.06. The molecule has 124 valence electrons. The van der Waals surface area contributed by atoms with Crippen molar-refractivity contribution in [3.63, 3.8) is 0 Å². The van der Waals surface area contributed by atoms with Crippen LogP contribution < -0.4 is 4.74 Å². The van der Waals surface area contributed by atoms with Crippen molar-refractivity contribution in [1.29, 1.82) is 0 Å². The Kier molecular flexibility index (Phi) is 7.20. The van der Waals surface area contributed by atoms with Crippen LogP contribution in [0.15, 0.2) is 24.3 Å². The van der Waals surface area contributed by atoms with Gasteiger partial charge in [-0.1, -0.05) is 37.5 Å². The van der Waals surface area contributed by atoms with Crippen LogP contribution in [0, 0.1) is 0 Å². The molecule has 1 aliphatic carbocycles. The predicted octanol–water partition coefficient (Wildman–Crippen LogP) is 4.90.